The number of hydrogen-bond donors (Lipinski definition) is 7. The maximum Gasteiger partial charge on any atom is 0.220 e. The molecule has 1 saturated heterocycles. The van der Waals surface area contributed by atoms with Gasteiger partial charge in [-0.05, 0) is 66.7 Å². The quantitative estimate of drug-likeness (QED) is 0.106. The Bertz CT molecular complexity index is 1160. The van der Waals surface area contributed by atoms with E-state index < -0.39 is 55.6 Å². The largest absolute Gasteiger partial charge is 0.394 e. The molecule has 1 heterocycles. The maximum atomic E-state index is 12.9. The number of aliphatic hydroxyl groups is 6. The summed E-state index contributed by atoms with van der Waals surface area (Å²) in [5, 5.41) is 64.5. The van der Waals surface area contributed by atoms with Gasteiger partial charge in [-0.25, -0.2) is 0 Å². The Balaban J connectivity index is 1.51. The molecular formula is C37H57NO9. The van der Waals surface area contributed by atoms with Crippen molar-refractivity contribution in [3.63, 3.8) is 0 Å². The molecule has 10 nitrogen and oxygen atoms in total. The Hall–Kier alpha value is -2.41. The van der Waals surface area contributed by atoms with E-state index in [-0.39, 0.29) is 24.9 Å². The van der Waals surface area contributed by atoms with Crippen LogP contribution in [0.25, 0.3) is 11.1 Å². The standard InChI is InChI=1S/C37H57NO9/c1-4-6-7-11-25-14-18-27(19-15-25)28-20-16-26(17-21-28)12-8-9-13-31(40)38-29(33(42)32(41)24(3)10-5-2)23-46-37-36(45)35(44)34(43)30(22-39)47-37/h14-21,24,29-30,32-37,39,41-45H,4-13,22-23H2,1-3H3,(H,38,40)/t24?,29-,30?,32+,33-,34?,35?,36?,37?/m0/s1. The second-order valence-electron chi connectivity index (χ2n) is 13.0. The van der Waals surface area contributed by atoms with Gasteiger partial charge in [0.25, 0.3) is 0 Å². The predicted molar refractivity (Wildman–Crippen MR) is 180 cm³/mol. The summed E-state index contributed by atoms with van der Waals surface area (Å²) in [5.74, 6) is -0.571. The Morgan fingerprint density at radius 1 is 0.809 bits per heavy atom. The summed E-state index contributed by atoms with van der Waals surface area (Å²) >= 11 is 0. The fourth-order valence-corrected chi connectivity index (χ4v) is 6.03. The first-order valence-electron chi connectivity index (χ1n) is 17.3. The monoisotopic (exact) mass is 659 g/mol. The van der Waals surface area contributed by atoms with E-state index in [4.69, 9.17) is 9.47 Å². The Morgan fingerprint density at radius 2 is 1.38 bits per heavy atom. The highest BCUT2D eigenvalue weighted by molar-refractivity contribution is 5.76. The van der Waals surface area contributed by atoms with Gasteiger partial charge in [-0.3, -0.25) is 4.79 Å². The molecule has 1 amide bonds. The van der Waals surface area contributed by atoms with Crippen LogP contribution in [-0.4, -0.2) is 98.7 Å². The summed E-state index contributed by atoms with van der Waals surface area (Å²) in [6.45, 7) is 5.04. The van der Waals surface area contributed by atoms with Crippen molar-refractivity contribution in [1.29, 1.82) is 0 Å². The van der Waals surface area contributed by atoms with Gasteiger partial charge in [0.2, 0.25) is 5.91 Å². The summed E-state index contributed by atoms with van der Waals surface area (Å²) in [6, 6.07) is 16.2. The van der Waals surface area contributed by atoms with Crippen LogP contribution in [0, 0.1) is 5.92 Å². The number of carbonyl (C=O) groups excluding carboxylic acids is 1. The molecule has 2 aromatic carbocycles. The molecule has 0 aliphatic carbocycles. The van der Waals surface area contributed by atoms with Crippen LogP contribution in [0.4, 0.5) is 0 Å². The molecule has 9 atom stereocenters. The number of aliphatic hydroxyl groups excluding tert-OH is 6. The van der Waals surface area contributed by atoms with Crippen molar-refractivity contribution in [3.05, 3.63) is 59.7 Å². The van der Waals surface area contributed by atoms with Gasteiger partial charge in [-0.2, -0.15) is 0 Å². The number of unbranched alkanes of at least 4 members (excludes halogenated alkanes) is 3. The molecule has 47 heavy (non-hydrogen) atoms. The van der Waals surface area contributed by atoms with Crippen LogP contribution >= 0.6 is 0 Å². The fraction of sp³-hybridized carbons (Fsp3) is 0.649. The minimum Gasteiger partial charge on any atom is -0.394 e. The van der Waals surface area contributed by atoms with Crippen molar-refractivity contribution in [1.82, 2.24) is 5.32 Å². The smallest absolute Gasteiger partial charge is 0.220 e. The number of hydrogen-bond acceptors (Lipinski definition) is 9. The van der Waals surface area contributed by atoms with E-state index in [2.05, 4.69) is 60.8 Å². The molecule has 0 aromatic heterocycles. The third-order valence-corrected chi connectivity index (χ3v) is 9.15. The second kappa shape index (κ2) is 20.2. The van der Waals surface area contributed by atoms with Crippen LogP contribution in [0.3, 0.4) is 0 Å². The first-order chi connectivity index (χ1) is 22.6. The molecule has 3 rings (SSSR count). The van der Waals surface area contributed by atoms with Crippen LogP contribution < -0.4 is 5.32 Å². The third kappa shape index (κ3) is 11.9. The molecule has 10 heteroatoms. The summed E-state index contributed by atoms with van der Waals surface area (Å²) < 4.78 is 11.0. The topological polar surface area (TPSA) is 169 Å². The number of ether oxygens (including phenoxy) is 2. The maximum absolute atomic E-state index is 12.9. The first kappa shape index (κ1) is 39.0. The van der Waals surface area contributed by atoms with Gasteiger partial charge >= 0.3 is 0 Å². The second-order valence-corrected chi connectivity index (χ2v) is 13.0. The zero-order chi connectivity index (χ0) is 34.3. The van der Waals surface area contributed by atoms with Gasteiger partial charge in [0.15, 0.2) is 6.29 Å². The van der Waals surface area contributed by atoms with E-state index in [0.717, 1.165) is 25.7 Å². The highest BCUT2D eigenvalue weighted by Crippen LogP contribution is 2.24. The number of carbonyl (C=O) groups is 1. The molecule has 7 N–H and O–H groups in total. The number of rotatable bonds is 20. The van der Waals surface area contributed by atoms with Gasteiger partial charge < -0.3 is 45.4 Å². The van der Waals surface area contributed by atoms with Crippen molar-refractivity contribution in [2.75, 3.05) is 13.2 Å². The number of amides is 1. The van der Waals surface area contributed by atoms with Gasteiger partial charge in [-0.15, -0.1) is 0 Å². The fourth-order valence-electron chi connectivity index (χ4n) is 6.03. The molecule has 0 radical (unpaired) electrons. The molecule has 1 aliphatic rings. The average molecular weight is 660 g/mol. The Morgan fingerprint density at radius 3 is 1.91 bits per heavy atom. The lowest BCUT2D eigenvalue weighted by atomic mass is 9.91. The van der Waals surface area contributed by atoms with Gasteiger partial charge in [-0.1, -0.05) is 88.6 Å². The molecule has 1 fully saturated rings. The minimum atomic E-state index is -1.62. The molecule has 0 bridgehead atoms. The van der Waals surface area contributed by atoms with E-state index in [9.17, 15) is 35.4 Å². The van der Waals surface area contributed by atoms with Crippen LogP contribution in [0.1, 0.15) is 83.3 Å². The molecule has 2 aromatic rings. The van der Waals surface area contributed by atoms with Gasteiger partial charge in [0.1, 0.15) is 30.5 Å². The van der Waals surface area contributed by atoms with E-state index >= 15 is 0 Å². The van der Waals surface area contributed by atoms with Crippen LogP contribution in [0.2, 0.25) is 0 Å². The molecule has 264 valence electrons. The van der Waals surface area contributed by atoms with Crippen LogP contribution in [0.5, 0.6) is 0 Å². The first-order valence-corrected chi connectivity index (χ1v) is 17.3. The summed E-state index contributed by atoms with van der Waals surface area (Å²) in [7, 11) is 0. The SMILES string of the molecule is CCCCCc1ccc(-c2ccc(CCCCC(=O)N[C@@H](COC3OC(CO)C(O)C(O)C3O)[C@H](O)[C@H](O)C(C)CCC)cc2)cc1. The lowest BCUT2D eigenvalue weighted by Gasteiger charge is -2.40. The van der Waals surface area contributed by atoms with Crippen LogP contribution in [-0.2, 0) is 27.1 Å². The summed E-state index contributed by atoms with van der Waals surface area (Å²) in [6.07, 6.45) is -1.22. The minimum absolute atomic E-state index is 0.201. The van der Waals surface area contributed by atoms with Gasteiger partial charge in [0, 0.05) is 6.42 Å². The number of aryl methyl sites for hydroxylation is 2. The lowest BCUT2D eigenvalue weighted by Crippen LogP contribution is -2.60. The van der Waals surface area contributed by atoms with Gasteiger partial charge in [0.05, 0.1) is 25.4 Å². The van der Waals surface area contributed by atoms with E-state index in [1.54, 1.807) is 0 Å². The highest BCUT2D eigenvalue weighted by Gasteiger charge is 2.44. The Labute approximate surface area is 279 Å². The van der Waals surface area contributed by atoms with E-state index in [0.29, 0.717) is 12.8 Å². The van der Waals surface area contributed by atoms with Crippen LogP contribution in [0.15, 0.2) is 48.5 Å². The zero-order valence-electron chi connectivity index (χ0n) is 28.2. The van der Waals surface area contributed by atoms with Crippen molar-refractivity contribution in [2.45, 2.75) is 134 Å². The molecular weight excluding hydrogens is 602 g/mol. The summed E-state index contributed by atoms with van der Waals surface area (Å²) in [4.78, 5) is 12.9. The lowest BCUT2D eigenvalue weighted by molar-refractivity contribution is -0.303. The van der Waals surface area contributed by atoms with Crippen molar-refractivity contribution < 1.29 is 44.9 Å². The highest BCUT2D eigenvalue weighted by atomic mass is 16.7. The average Bonchev–Trinajstić information content (AvgIpc) is 3.08. The molecule has 1 aliphatic heterocycles. The zero-order valence-corrected chi connectivity index (χ0v) is 28.2. The van der Waals surface area contributed by atoms with Crippen molar-refractivity contribution >= 4 is 5.91 Å². The predicted octanol–water partition coefficient (Wildman–Crippen LogP) is 3.26. The molecule has 0 saturated carbocycles. The molecule has 0 spiro atoms. The molecule has 6 unspecified atom stereocenters. The summed E-state index contributed by atoms with van der Waals surface area (Å²) in [5.41, 5.74) is 4.90. The van der Waals surface area contributed by atoms with E-state index in [1.165, 1.54) is 41.5 Å². The van der Waals surface area contributed by atoms with Crippen molar-refractivity contribution in [2.24, 2.45) is 5.92 Å². The van der Waals surface area contributed by atoms with Crippen molar-refractivity contribution in [3.8, 4) is 11.1 Å². The normalized spacial score (nSPS) is 24.0. The number of benzene rings is 2. The van der Waals surface area contributed by atoms with E-state index in [1.807, 2.05) is 13.8 Å². The number of nitrogens with one attached hydrogen (secondary N) is 1. The third-order valence-electron chi connectivity index (χ3n) is 9.15. The Kier molecular flexibility index (Phi) is 16.8.